The van der Waals surface area contributed by atoms with E-state index in [0.717, 1.165) is 0 Å². The quantitative estimate of drug-likeness (QED) is 0.631. The van der Waals surface area contributed by atoms with Gasteiger partial charge in [-0.15, -0.1) is 0 Å². The van der Waals surface area contributed by atoms with Crippen molar-refractivity contribution >= 4 is 21.8 Å². The van der Waals surface area contributed by atoms with E-state index < -0.39 is 21.8 Å². The summed E-state index contributed by atoms with van der Waals surface area (Å²) in [5.41, 5.74) is 5.57. The van der Waals surface area contributed by atoms with Crippen molar-refractivity contribution in [1.29, 1.82) is 0 Å². The molecule has 0 aliphatic carbocycles. The molecule has 2 rings (SSSR count). The Balaban J connectivity index is 1.90. The van der Waals surface area contributed by atoms with Crippen LogP contribution in [0.25, 0.3) is 0 Å². The smallest absolute Gasteiger partial charge is 0.251 e. The van der Waals surface area contributed by atoms with Crippen LogP contribution in [0, 0.1) is 5.92 Å². The first-order chi connectivity index (χ1) is 12.8. The molecule has 150 valence electrons. The number of nitrogens with one attached hydrogen (secondary N) is 1. The number of sulfonamides is 1. The maximum Gasteiger partial charge on any atom is 0.251 e. The minimum absolute atomic E-state index is 0.0313. The van der Waals surface area contributed by atoms with Gasteiger partial charge in [-0.05, 0) is 25.0 Å². The number of ether oxygens (including phenoxy) is 2. The van der Waals surface area contributed by atoms with Crippen LogP contribution in [0.3, 0.4) is 0 Å². The largest absolute Gasteiger partial charge is 0.497 e. The van der Waals surface area contributed by atoms with Crippen molar-refractivity contribution in [3.63, 3.8) is 0 Å². The molecule has 1 aliphatic rings. The van der Waals surface area contributed by atoms with Crippen LogP contribution in [0.5, 0.6) is 11.5 Å². The van der Waals surface area contributed by atoms with Crippen LogP contribution in [-0.4, -0.2) is 64.1 Å². The van der Waals surface area contributed by atoms with Crippen molar-refractivity contribution in [2.24, 2.45) is 11.7 Å². The van der Waals surface area contributed by atoms with E-state index in [1.54, 1.807) is 18.2 Å². The predicted molar refractivity (Wildman–Crippen MR) is 99.2 cm³/mol. The van der Waals surface area contributed by atoms with Gasteiger partial charge in [-0.2, -0.15) is 0 Å². The van der Waals surface area contributed by atoms with E-state index in [9.17, 15) is 18.0 Å². The van der Waals surface area contributed by atoms with Crippen molar-refractivity contribution in [2.75, 3.05) is 39.6 Å². The number of primary amides is 1. The first-order valence-electron chi connectivity index (χ1n) is 8.55. The molecule has 1 aromatic carbocycles. The van der Waals surface area contributed by atoms with Crippen molar-refractivity contribution in [1.82, 2.24) is 9.62 Å². The van der Waals surface area contributed by atoms with Gasteiger partial charge >= 0.3 is 0 Å². The van der Waals surface area contributed by atoms with E-state index in [2.05, 4.69) is 5.32 Å². The Kier molecular flexibility index (Phi) is 7.03. The molecule has 1 saturated heterocycles. The third kappa shape index (κ3) is 5.57. The van der Waals surface area contributed by atoms with Gasteiger partial charge in [0.05, 0.1) is 20.0 Å². The zero-order valence-electron chi connectivity index (χ0n) is 15.4. The van der Waals surface area contributed by atoms with E-state index in [1.807, 2.05) is 0 Å². The molecule has 0 atom stereocenters. The van der Waals surface area contributed by atoms with Gasteiger partial charge in [0.15, 0.2) is 0 Å². The molecule has 0 aromatic heterocycles. The van der Waals surface area contributed by atoms with E-state index in [4.69, 9.17) is 15.2 Å². The fraction of sp³-hybridized carbons (Fsp3) is 0.529. The maximum atomic E-state index is 12.4. The standard InChI is InChI=1S/C17H25N3O6S/c1-25-14-9-13(10-15(11-14)26-2)17(22)19-5-8-27(23,24)20-6-3-12(4-7-20)16(18)21/h9-12H,3-8H2,1-2H3,(H2,18,21)(H,19,22). The van der Waals surface area contributed by atoms with E-state index in [1.165, 1.54) is 18.5 Å². The van der Waals surface area contributed by atoms with Gasteiger partial charge < -0.3 is 20.5 Å². The predicted octanol–water partition coefficient (Wildman–Crippen LogP) is -0.0393. The lowest BCUT2D eigenvalue weighted by molar-refractivity contribution is -0.122. The summed E-state index contributed by atoms with van der Waals surface area (Å²) in [5, 5.41) is 2.59. The first-order valence-corrected chi connectivity index (χ1v) is 10.2. The normalized spacial score (nSPS) is 15.9. The van der Waals surface area contributed by atoms with Crippen LogP contribution in [-0.2, 0) is 14.8 Å². The molecule has 0 spiro atoms. The lowest BCUT2D eigenvalue weighted by Crippen LogP contribution is -2.44. The molecule has 2 amide bonds. The number of nitrogens with zero attached hydrogens (tertiary/aromatic N) is 1. The molecular formula is C17H25N3O6S. The summed E-state index contributed by atoms with van der Waals surface area (Å²) in [6.07, 6.45) is 0.842. The van der Waals surface area contributed by atoms with Crippen LogP contribution in [0.2, 0.25) is 0 Å². The van der Waals surface area contributed by atoms with Gasteiger partial charge in [-0.3, -0.25) is 9.59 Å². The molecule has 3 N–H and O–H groups in total. The summed E-state index contributed by atoms with van der Waals surface area (Å²) in [6, 6.07) is 4.72. The van der Waals surface area contributed by atoms with E-state index >= 15 is 0 Å². The molecule has 9 nitrogen and oxygen atoms in total. The Morgan fingerprint density at radius 2 is 1.70 bits per heavy atom. The van der Waals surface area contributed by atoms with Crippen molar-refractivity contribution in [2.45, 2.75) is 12.8 Å². The third-order valence-corrected chi connectivity index (χ3v) is 6.38. The molecule has 1 aromatic rings. The minimum Gasteiger partial charge on any atom is -0.497 e. The first kappa shape index (κ1) is 21.0. The molecule has 0 bridgehead atoms. The fourth-order valence-electron chi connectivity index (χ4n) is 2.88. The Morgan fingerprint density at radius 1 is 1.15 bits per heavy atom. The molecule has 1 fully saturated rings. The fourth-order valence-corrected chi connectivity index (χ4v) is 4.27. The zero-order valence-corrected chi connectivity index (χ0v) is 16.3. The van der Waals surface area contributed by atoms with Crippen LogP contribution in [0.1, 0.15) is 23.2 Å². The second-order valence-electron chi connectivity index (χ2n) is 6.25. The van der Waals surface area contributed by atoms with Gasteiger partial charge in [0.25, 0.3) is 5.91 Å². The average molecular weight is 399 g/mol. The summed E-state index contributed by atoms with van der Waals surface area (Å²) in [6.45, 7) is 0.490. The number of benzene rings is 1. The van der Waals surface area contributed by atoms with Gasteiger partial charge in [-0.25, -0.2) is 12.7 Å². The molecule has 0 unspecified atom stereocenters. The molecule has 0 radical (unpaired) electrons. The number of methoxy groups -OCH3 is 2. The summed E-state index contributed by atoms with van der Waals surface area (Å²) < 4.78 is 36.4. The Hall–Kier alpha value is -2.33. The summed E-state index contributed by atoms with van der Waals surface area (Å²) in [4.78, 5) is 23.5. The molecule has 1 aliphatic heterocycles. The number of amides is 2. The number of nitrogens with two attached hydrogens (primary N) is 1. The molecule has 10 heteroatoms. The van der Waals surface area contributed by atoms with E-state index in [0.29, 0.717) is 29.9 Å². The number of piperidine rings is 1. The zero-order chi connectivity index (χ0) is 20.0. The van der Waals surface area contributed by atoms with E-state index in [-0.39, 0.29) is 31.3 Å². The monoisotopic (exact) mass is 399 g/mol. The topological polar surface area (TPSA) is 128 Å². The Bertz CT molecular complexity index is 766. The second kappa shape index (κ2) is 9.05. The highest BCUT2D eigenvalue weighted by Gasteiger charge is 2.29. The second-order valence-corrected chi connectivity index (χ2v) is 8.34. The van der Waals surface area contributed by atoms with Crippen LogP contribution in [0.15, 0.2) is 18.2 Å². The summed E-state index contributed by atoms with van der Waals surface area (Å²) in [7, 11) is -0.566. The number of hydrogen-bond acceptors (Lipinski definition) is 6. The van der Waals surface area contributed by atoms with Crippen LogP contribution >= 0.6 is 0 Å². The van der Waals surface area contributed by atoms with Crippen LogP contribution < -0.4 is 20.5 Å². The van der Waals surface area contributed by atoms with Crippen LogP contribution in [0.4, 0.5) is 0 Å². The van der Waals surface area contributed by atoms with Crippen molar-refractivity contribution in [3.8, 4) is 11.5 Å². The minimum atomic E-state index is -3.52. The third-order valence-electron chi connectivity index (χ3n) is 4.51. The number of carbonyl (C=O) groups excluding carboxylic acids is 2. The lowest BCUT2D eigenvalue weighted by Gasteiger charge is -2.29. The summed E-state index contributed by atoms with van der Waals surface area (Å²) in [5.74, 6) is -0.392. The van der Waals surface area contributed by atoms with Gasteiger partial charge in [0.2, 0.25) is 15.9 Å². The number of rotatable bonds is 8. The molecule has 27 heavy (non-hydrogen) atoms. The van der Waals surface area contributed by atoms with Gasteiger partial charge in [-0.1, -0.05) is 0 Å². The van der Waals surface area contributed by atoms with Crippen molar-refractivity contribution in [3.05, 3.63) is 23.8 Å². The van der Waals surface area contributed by atoms with Gasteiger partial charge in [0, 0.05) is 37.2 Å². The Labute approximate surface area is 158 Å². The highest BCUT2D eigenvalue weighted by atomic mass is 32.2. The molecular weight excluding hydrogens is 374 g/mol. The highest BCUT2D eigenvalue weighted by Crippen LogP contribution is 2.22. The lowest BCUT2D eigenvalue weighted by atomic mass is 9.98. The SMILES string of the molecule is COc1cc(OC)cc(C(=O)NCCS(=O)(=O)N2CCC(C(N)=O)CC2)c1. The molecule has 0 saturated carbocycles. The highest BCUT2D eigenvalue weighted by molar-refractivity contribution is 7.89. The number of carbonyl (C=O) groups is 2. The average Bonchev–Trinajstić information content (AvgIpc) is 2.67. The summed E-state index contributed by atoms with van der Waals surface area (Å²) >= 11 is 0. The van der Waals surface area contributed by atoms with Crippen molar-refractivity contribution < 1.29 is 27.5 Å². The maximum absolute atomic E-state index is 12.4. The molecule has 1 heterocycles. The number of hydrogen-bond donors (Lipinski definition) is 2. The van der Waals surface area contributed by atoms with Gasteiger partial charge in [0.1, 0.15) is 11.5 Å². The Morgan fingerprint density at radius 3 is 2.19 bits per heavy atom.